The summed E-state index contributed by atoms with van der Waals surface area (Å²) >= 11 is 0. The normalized spacial score (nSPS) is 11.2. The van der Waals surface area contributed by atoms with E-state index in [1.165, 1.54) is 11.0 Å². The lowest BCUT2D eigenvalue weighted by molar-refractivity contribution is -0.129. The zero-order chi connectivity index (χ0) is 14.1. The highest BCUT2D eigenvalue weighted by Gasteiger charge is 2.16. The molecule has 0 radical (unpaired) electrons. The number of hydrogen-bond donors (Lipinski definition) is 2. The fourth-order valence-electron chi connectivity index (χ4n) is 1.61. The van der Waals surface area contributed by atoms with Gasteiger partial charge in [-0.15, -0.1) is 0 Å². The standard InChI is InChI=1S/C14H17NO4/c16-8-6-15(7-9-17)14(19)13(11-18)10-12-4-2-1-3-5-12/h1-5,10-11,16-17H,6-9H2. The van der Waals surface area contributed by atoms with E-state index in [-0.39, 0.29) is 31.9 Å². The maximum Gasteiger partial charge on any atom is 0.257 e. The second kappa shape index (κ2) is 8.18. The van der Waals surface area contributed by atoms with Gasteiger partial charge in [0.15, 0.2) is 6.29 Å². The van der Waals surface area contributed by atoms with Crippen molar-refractivity contribution in [2.45, 2.75) is 0 Å². The SMILES string of the molecule is O=CC(=Cc1ccccc1)C(=O)N(CCO)CCO. The van der Waals surface area contributed by atoms with Crippen LogP contribution in [0.25, 0.3) is 6.08 Å². The molecule has 0 saturated carbocycles. The summed E-state index contributed by atoms with van der Waals surface area (Å²) in [5.74, 6) is -0.498. The van der Waals surface area contributed by atoms with Crippen LogP contribution in [-0.2, 0) is 9.59 Å². The number of rotatable bonds is 7. The molecule has 1 amide bonds. The van der Waals surface area contributed by atoms with Crippen molar-refractivity contribution in [3.63, 3.8) is 0 Å². The zero-order valence-electron chi connectivity index (χ0n) is 10.5. The van der Waals surface area contributed by atoms with Gasteiger partial charge in [0.05, 0.1) is 18.8 Å². The second-order valence-corrected chi connectivity index (χ2v) is 3.87. The molecule has 0 unspecified atom stereocenters. The first-order valence-electron chi connectivity index (χ1n) is 5.96. The highest BCUT2D eigenvalue weighted by atomic mass is 16.3. The fraction of sp³-hybridized carbons (Fsp3) is 0.286. The van der Waals surface area contributed by atoms with E-state index in [1.807, 2.05) is 6.07 Å². The largest absolute Gasteiger partial charge is 0.395 e. The van der Waals surface area contributed by atoms with Gasteiger partial charge in [0.25, 0.3) is 5.91 Å². The Morgan fingerprint density at radius 3 is 2.16 bits per heavy atom. The van der Waals surface area contributed by atoms with E-state index >= 15 is 0 Å². The first-order valence-corrected chi connectivity index (χ1v) is 5.96. The maximum atomic E-state index is 12.1. The van der Waals surface area contributed by atoms with Gasteiger partial charge < -0.3 is 15.1 Å². The molecule has 2 N–H and O–H groups in total. The van der Waals surface area contributed by atoms with E-state index in [0.29, 0.717) is 6.29 Å². The first kappa shape index (κ1) is 15.1. The summed E-state index contributed by atoms with van der Waals surface area (Å²) < 4.78 is 0. The van der Waals surface area contributed by atoms with Crippen molar-refractivity contribution >= 4 is 18.3 Å². The minimum Gasteiger partial charge on any atom is -0.395 e. The van der Waals surface area contributed by atoms with Gasteiger partial charge in [-0.3, -0.25) is 9.59 Å². The predicted octanol–water partition coefficient (Wildman–Crippen LogP) is 0.0821. The summed E-state index contributed by atoms with van der Waals surface area (Å²) in [4.78, 5) is 24.3. The van der Waals surface area contributed by atoms with Crippen molar-refractivity contribution in [2.24, 2.45) is 0 Å². The first-order chi connectivity index (χ1) is 9.22. The van der Waals surface area contributed by atoms with Crippen LogP contribution in [0.5, 0.6) is 0 Å². The third kappa shape index (κ3) is 4.65. The van der Waals surface area contributed by atoms with Crippen LogP contribution in [0.1, 0.15) is 5.56 Å². The van der Waals surface area contributed by atoms with Crippen LogP contribution >= 0.6 is 0 Å². The number of aldehydes is 1. The zero-order valence-corrected chi connectivity index (χ0v) is 10.5. The number of benzene rings is 1. The number of carbonyl (C=O) groups is 2. The van der Waals surface area contributed by atoms with Crippen molar-refractivity contribution in [2.75, 3.05) is 26.3 Å². The van der Waals surface area contributed by atoms with Crippen molar-refractivity contribution in [1.29, 1.82) is 0 Å². The Balaban J connectivity index is 2.92. The Morgan fingerprint density at radius 2 is 1.68 bits per heavy atom. The van der Waals surface area contributed by atoms with Crippen LogP contribution < -0.4 is 0 Å². The van der Waals surface area contributed by atoms with Crippen LogP contribution in [0.4, 0.5) is 0 Å². The molecule has 0 saturated heterocycles. The highest BCUT2D eigenvalue weighted by molar-refractivity contribution is 6.14. The van der Waals surface area contributed by atoms with E-state index < -0.39 is 5.91 Å². The molecule has 1 aromatic carbocycles. The minimum atomic E-state index is -0.498. The van der Waals surface area contributed by atoms with Gasteiger partial charge in [0.1, 0.15) is 0 Å². The van der Waals surface area contributed by atoms with Crippen molar-refractivity contribution in [3.05, 3.63) is 41.5 Å². The topological polar surface area (TPSA) is 77.8 Å². The monoisotopic (exact) mass is 263 g/mol. The lowest BCUT2D eigenvalue weighted by Crippen LogP contribution is -2.37. The van der Waals surface area contributed by atoms with Crippen LogP contribution in [0.15, 0.2) is 35.9 Å². The predicted molar refractivity (Wildman–Crippen MR) is 71.2 cm³/mol. The Bertz CT molecular complexity index is 436. The Kier molecular flexibility index (Phi) is 6.49. The van der Waals surface area contributed by atoms with E-state index in [2.05, 4.69) is 0 Å². The fourth-order valence-corrected chi connectivity index (χ4v) is 1.61. The van der Waals surface area contributed by atoms with Gasteiger partial charge in [-0.25, -0.2) is 0 Å². The number of aliphatic hydroxyl groups excluding tert-OH is 2. The molecule has 0 aromatic heterocycles. The highest BCUT2D eigenvalue weighted by Crippen LogP contribution is 2.08. The number of hydrogen-bond acceptors (Lipinski definition) is 4. The van der Waals surface area contributed by atoms with Gasteiger partial charge >= 0.3 is 0 Å². The molecule has 19 heavy (non-hydrogen) atoms. The molecule has 0 heterocycles. The molecule has 0 aliphatic carbocycles. The second-order valence-electron chi connectivity index (χ2n) is 3.87. The third-order valence-electron chi connectivity index (χ3n) is 2.52. The van der Waals surface area contributed by atoms with Crippen molar-refractivity contribution in [1.82, 2.24) is 4.90 Å². The Hall–Kier alpha value is -1.98. The molecule has 0 atom stereocenters. The van der Waals surface area contributed by atoms with E-state index in [0.717, 1.165) is 5.56 Å². The molecule has 0 aliphatic heterocycles. The Labute approximate surface area is 111 Å². The number of amides is 1. The molecule has 0 spiro atoms. The van der Waals surface area contributed by atoms with Gasteiger partial charge in [0.2, 0.25) is 0 Å². The molecular formula is C14H17NO4. The summed E-state index contributed by atoms with van der Waals surface area (Å²) in [6.45, 7) is -0.273. The average molecular weight is 263 g/mol. The van der Waals surface area contributed by atoms with Crippen molar-refractivity contribution < 1.29 is 19.8 Å². The van der Waals surface area contributed by atoms with E-state index in [1.54, 1.807) is 24.3 Å². The average Bonchev–Trinajstić information content (AvgIpc) is 2.45. The van der Waals surface area contributed by atoms with Gasteiger partial charge in [0, 0.05) is 13.1 Å². The molecule has 5 heteroatoms. The molecule has 0 aliphatic rings. The molecular weight excluding hydrogens is 246 g/mol. The third-order valence-corrected chi connectivity index (χ3v) is 2.52. The Morgan fingerprint density at radius 1 is 1.11 bits per heavy atom. The molecule has 0 bridgehead atoms. The summed E-state index contributed by atoms with van der Waals surface area (Å²) in [6.07, 6.45) is 1.97. The number of aliphatic hydroxyl groups is 2. The maximum absolute atomic E-state index is 12.1. The van der Waals surface area contributed by atoms with Crippen LogP contribution in [0, 0.1) is 0 Å². The van der Waals surface area contributed by atoms with Gasteiger partial charge in [-0.1, -0.05) is 30.3 Å². The lowest BCUT2D eigenvalue weighted by atomic mass is 10.1. The number of nitrogens with zero attached hydrogens (tertiary/aromatic N) is 1. The number of carbonyl (C=O) groups excluding carboxylic acids is 2. The van der Waals surface area contributed by atoms with Gasteiger partial charge in [-0.2, -0.15) is 0 Å². The van der Waals surface area contributed by atoms with E-state index in [9.17, 15) is 9.59 Å². The summed E-state index contributed by atoms with van der Waals surface area (Å²) in [6, 6.07) is 9.00. The summed E-state index contributed by atoms with van der Waals surface area (Å²) in [5, 5.41) is 17.7. The van der Waals surface area contributed by atoms with Crippen LogP contribution in [-0.4, -0.2) is 53.6 Å². The molecule has 1 aromatic rings. The van der Waals surface area contributed by atoms with E-state index in [4.69, 9.17) is 10.2 Å². The molecule has 102 valence electrons. The smallest absolute Gasteiger partial charge is 0.257 e. The molecule has 0 fully saturated rings. The quantitative estimate of drug-likeness (QED) is 0.316. The minimum absolute atomic E-state index is 0.00639. The molecule has 1 rings (SSSR count). The van der Waals surface area contributed by atoms with Crippen molar-refractivity contribution in [3.8, 4) is 0 Å². The molecule has 5 nitrogen and oxygen atoms in total. The lowest BCUT2D eigenvalue weighted by Gasteiger charge is -2.20. The summed E-state index contributed by atoms with van der Waals surface area (Å²) in [5.41, 5.74) is 0.735. The van der Waals surface area contributed by atoms with Crippen LogP contribution in [0.2, 0.25) is 0 Å². The van der Waals surface area contributed by atoms with Gasteiger partial charge in [-0.05, 0) is 11.6 Å². The van der Waals surface area contributed by atoms with Crippen LogP contribution in [0.3, 0.4) is 0 Å². The summed E-state index contributed by atoms with van der Waals surface area (Å²) in [7, 11) is 0.